The number of benzene rings is 2. The highest BCUT2D eigenvalue weighted by Crippen LogP contribution is 2.35. The van der Waals surface area contributed by atoms with E-state index in [0.29, 0.717) is 0 Å². The topological polar surface area (TPSA) is 38.2 Å². The van der Waals surface area contributed by atoms with Crippen LogP contribution >= 0.6 is 0 Å². The van der Waals surface area contributed by atoms with E-state index in [1.54, 1.807) is 7.11 Å². The maximum absolute atomic E-state index is 5.31. The monoisotopic (exact) mass is 303 g/mol. The lowest BCUT2D eigenvalue weighted by molar-refractivity contribution is 0.414. The predicted molar refractivity (Wildman–Crippen MR) is 91.2 cm³/mol. The number of aromatic nitrogens is 2. The molecule has 2 aromatic carbocycles. The van der Waals surface area contributed by atoms with Crippen molar-refractivity contribution in [2.75, 3.05) is 18.6 Å². The van der Waals surface area contributed by atoms with Crippen LogP contribution in [-0.4, -0.2) is 23.6 Å². The zero-order chi connectivity index (χ0) is 15.6. The lowest BCUT2D eigenvalue weighted by atomic mass is 10.1. The number of methoxy groups -OCH3 is 1. The molecule has 23 heavy (non-hydrogen) atoms. The molecular weight excluding hydrogens is 286 g/mol. The molecule has 0 saturated heterocycles. The van der Waals surface area contributed by atoms with Gasteiger partial charge in [-0.05, 0) is 36.2 Å². The number of anilines is 2. The molecule has 0 fully saturated rings. The van der Waals surface area contributed by atoms with Gasteiger partial charge in [0.2, 0.25) is 0 Å². The first-order chi connectivity index (χ1) is 11.3. The highest BCUT2D eigenvalue weighted by atomic mass is 16.5. The van der Waals surface area contributed by atoms with Crippen molar-refractivity contribution in [3.63, 3.8) is 0 Å². The summed E-state index contributed by atoms with van der Waals surface area (Å²) < 4.78 is 5.31. The van der Waals surface area contributed by atoms with Gasteiger partial charge in [-0.1, -0.05) is 30.3 Å². The molecule has 0 aliphatic carbocycles. The Morgan fingerprint density at radius 3 is 2.74 bits per heavy atom. The molecule has 0 amide bonds. The zero-order valence-electron chi connectivity index (χ0n) is 12.9. The summed E-state index contributed by atoms with van der Waals surface area (Å²) in [6, 6.07) is 18.2. The number of fused-ring (bicyclic) bond motifs is 1. The Balaban J connectivity index is 1.71. The van der Waals surface area contributed by atoms with Gasteiger partial charge in [-0.15, -0.1) is 0 Å². The average Bonchev–Trinajstić information content (AvgIpc) is 3.05. The molecular formula is C19H17N3O. The van der Waals surface area contributed by atoms with Crippen LogP contribution in [0.1, 0.15) is 5.56 Å². The molecule has 1 aliphatic rings. The summed E-state index contributed by atoms with van der Waals surface area (Å²) in [6.07, 6.45) is 2.82. The maximum Gasteiger partial charge on any atom is 0.161 e. The van der Waals surface area contributed by atoms with Crippen molar-refractivity contribution in [2.45, 2.75) is 6.42 Å². The Morgan fingerprint density at radius 2 is 1.91 bits per heavy atom. The van der Waals surface area contributed by atoms with Crippen LogP contribution in [0.2, 0.25) is 0 Å². The predicted octanol–water partition coefficient (Wildman–Crippen LogP) is 3.85. The second-order valence-corrected chi connectivity index (χ2v) is 5.50. The maximum atomic E-state index is 5.31. The van der Waals surface area contributed by atoms with Gasteiger partial charge in [-0.3, -0.25) is 0 Å². The van der Waals surface area contributed by atoms with E-state index in [1.165, 1.54) is 11.3 Å². The van der Waals surface area contributed by atoms with E-state index in [4.69, 9.17) is 9.72 Å². The Kier molecular flexibility index (Phi) is 3.42. The van der Waals surface area contributed by atoms with Gasteiger partial charge in [0.05, 0.1) is 7.11 Å². The Labute approximate surface area is 135 Å². The molecule has 1 aromatic heterocycles. The van der Waals surface area contributed by atoms with Crippen LogP contribution in [0.5, 0.6) is 5.75 Å². The van der Waals surface area contributed by atoms with Gasteiger partial charge in [-0.2, -0.15) is 0 Å². The van der Waals surface area contributed by atoms with Crippen molar-refractivity contribution in [2.24, 2.45) is 0 Å². The SMILES string of the molecule is COc1ccc2c(c1)CCN2c1ccnc(-c2ccccc2)n1. The minimum absolute atomic E-state index is 0.755. The number of hydrogen-bond acceptors (Lipinski definition) is 4. The summed E-state index contributed by atoms with van der Waals surface area (Å²) in [4.78, 5) is 11.4. The fourth-order valence-corrected chi connectivity index (χ4v) is 2.97. The third kappa shape index (κ3) is 2.52. The van der Waals surface area contributed by atoms with Crippen molar-refractivity contribution < 1.29 is 4.74 Å². The molecule has 1 aliphatic heterocycles. The van der Waals surface area contributed by atoms with E-state index >= 15 is 0 Å². The van der Waals surface area contributed by atoms with Gasteiger partial charge < -0.3 is 9.64 Å². The lowest BCUT2D eigenvalue weighted by Crippen LogP contribution is -2.15. The van der Waals surface area contributed by atoms with E-state index < -0.39 is 0 Å². The Hall–Kier alpha value is -2.88. The molecule has 0 N–H and O–H groups in total. The molecule has 4 rings (SSSR count). The summed E-state index contributed by atoms with van der Waals surface area (Å²) in [6.45, 7) is 0.924. The molecule has 3 aromatic rings. The Morgan fingerprint density at radius 1 is 1.04 bits per heavy atom. The van der Waals surface area contributed by atoms with Gasteiger partial charge >= 0.3 is 0 Å². The van der Waals surface area contributed by atoms with Crippen LogP contribution in [0.3, 0.4) is 0 Å². The van der Waals surface area contributed by atoms with Gasteiger partial charge in [0.15, 0.2) is 5.82 Å². The molecule has 4 nitrogen and oxygen atoms in total. The van der Waals surface area contributed by atoms with Crippen LogP contribution in [0, 0.1) is 0 Å². The van der Waals surface area contributed by atoms with Crippen LogP contribution in [0.25, 0.3) is 11.4 Å². The van der Waals surface area contributed by atoms with Gasteiger partial charge in [0.25, 0.3) is 0 Å². The van der Waals surface area contributed by atoms with Crippen molar-refractivity contribution >= 4 is 11.5 Å². The second-order valence-electron chi connectivity index (χ2n) is 5.50. The van der Waals surface area contributed by atoms with E-state index in [1.807, 2.05) is 48.7 Å². The summed E-state index contributed by atoms with van der Waals surface area (Å²) in [7, 11) is 1.70. The van der Waals surface area contributed by atoms with Crippen LogP contribution in [0.4, 0.5) is 11.5 Å². The number of ether oxygens (including phenoxy) is 1. The molecule has 0 unspecified atom stereocenters. The molecule has 2 heterocycles. The Bertz CT molecular complexity index is 833. The molecule has 0 atom stereocenters. The smallest absolute Gasteiger partial charge is 0.161 e. The van der Waals surface area contributed by atoms with E-state index in [-0.39, 0.29) is 0 Å². The third-order valence-electron chi connectivity index (χ3n) is 4.13. The van der Waals surface area contributed by atoms with Crippen LogP contribution in [-0.2, 0) is 6.42 Å². The van der Waals surface area contributed by atoms with E-state index in [9.17, 15) is 0 Å². The molecule has 0 spiro atoms. The highest BCUT2D eigenvalue weighted by molar-refractivity contribution is 5.69. The largest absolute Gasteiger partial charge is 0.497 e. The summed E-state index contributed by atoms with van der Waals surface area (Å²) in [5.41, 5.74) is 3.52. The van der Waals surface area contributed by atoms with Gasteiger partial charge in [0.1, 0.15) is 11.6 Å². The fourth-order valence-electron chi connectivity index (χ4n) is 2.97. The quantitative estimate of drug-likeness (QED) is 0.736. The molecule has 114 valence electrons. The van der Waals surface area contributed by atoms with Crippen LogP contribution in [0.15, 0.2) is 60.8 Å². The zero-order valence-corrected chi connectivity index (χ0v) is 12.9. The van der Waals surface area contributed by atoms with Crippen LogP contribution < -0.4 is 9.64 Å². The van der Waals surface area contributed by atoms with E-state index in [0.717, 1.165) is 35.9 Å². The summed E-state index contributed by atoms with van der Waals surface area (Å²) in [5.74, 6) is 2.59. The average molecular weight is 303 g/mol. The summed E-state index contributed by atoms with van der Waals surface area (Å²) >= 11 is 0. The van der Waals surface area contributed by atoms with Crippen molar-refractivity contribution in [3.05, 3.63) is 66.4 Å². The number of hydrogen-bond donors (Lipinski definition) is 0. The minimum atomic E-state index is 0.755. The first kappa shape index (κ1) is 13.8. The first-order valence-electron chi connectivity index (χ1n) is 7.68. The van der Waals surface area contributed by atoms with E-state index in [2.05, 4.69) is 22.0 Å². The molecule has 0 bridgehead atoms. The van der Waals surface area contributed by atoms with Gasteiger partial charge in [-0.25, -0.2) is 9.97 Å². The lowest BCUT2D eigenvalue weighted by Gasteiger charge is -2.19. The fraction of sp³-hybridized carbons (Fsp3) is 0.158. The number of nitrogens with zero attached hydrogens (tertiary/aromatic N) is 3. The second kappa shape index (κ2) is 5.72. The highest BCUT2D eigenvalue weighted by Gasteiger charge is 2.22. The number of rotatable bonds is 3. The normalized spacial score (nSPS) is 13.0. The van der Waals surface area contributed by atoms with Crippen molar-refractivity contribution in [3.8, 4) is 17.1 Å². The molecule has 4 heteroatoms. The first-order valence-corrected chi connectivity index (χ1v) is 7.68. The molecule has 0 radical (unpaired) electrons. The summed E-state index contributed by atoms with van der Waals surface area (Å²) in [5, 5.41) is 0. The molecule has 0 saturated carbocycles. The standard InChI is InChI=1S/C19H17N3O/c1-23-16-7-8-17-15(13-16)10-12-22(17)18-9-11-20-19(21-18)14-5-3-2-4-6-14/h2-9,11,13H,10,12H2,1H3. The van der Waals surface area contributed by atoms with Crippen molar-refractivity contribution in [1.29, 1.82) is 0 Å². The van der Waals surface area contributed by atoms with Gasteiger partial charge in [0, 0.05) is 24.0 Å². The van der Waals surface area contributed by atoms with Crippen molar-refractivity contribution in [1.82, 2.24) is 9.97 Å². The third-order valence-corrected chi connectivity index (χ3v) is 4.13. The minimum Gasteiger partial charge on any atom is -0.497 e.